The van der Waals surface area contributed by atoms with Gasteiger partial charge in [-0.3, -0.25) is 4.79 Å². The SMILES string of the molecule is CCN(Cc1nc2ccccc2c(=O)[nH]1)C(=O)NC[C@@H]1CCCO1. The first-order valence-corrected chi connectivity index (χ1v) is 8.29. The van der Waals surface area contributed by atoms with Gasteiger partial charge in [-0.05, 0) is 31.9 Å². The maximum atomic E-state index is 12.3. The molecule has 1 aliphatic rings. The molecule has 1 aliphatic heterocycles. The summed E-state index contributed by atoms with van der Waals surface area (Å²) in [6, 6.07) is 6.99. The summed E-state index contributed by atoms with van der Waals surface area (Å²) in [4.78, 5) is 33.2. The van der Waals surface area contributed by atoms with Crippen molar-refractivity contribution in [3.63, 3.8) is 0 Å². The van der Waals surface area contributed by atoms with E-state index in [9.17, 15) is 9.59 Å². The number of H-pyrrole nitrogens is 1. The molecule has 0 spiro atoms. The van der Waals surface area contributed by atoms with Gasteiger partial charge in [-0.2, -0.15) is 0 Å². The lowest BCUT2D eigenvalue weighted by Crippen LogP contribution is -2.42. The Morgan fingerprint density at radius 2 is 2.29 bits per heavy atom. The van der Waals surface area contributed by atoms with Crippen molar-refractivity contribution in [2.24, 2.45) is 0 Å². The van der Waals surface area contributed by atoms with Crippen LogP contribution in [0.1, 0.15) is 25.6 Å². The third-order valence-electron chi connectivity index (χ3n) is 4.18. The van der Waals surface area contributed by atoms with Gasteiger partial charge >= 0.3 is 6.03 Å². The van der Waals surface area contributed by atoms with Gasteiger partial charge in [0.1, 0.15) is 5.82 Å². The summed E-state index contributed by atoms with van der Waals surface area (Å²) in [5.74, 6) is 0.479. The quantitative estimate of drug-likeness (QED) is 0.872. The molecule has 0 bridgehead atoms. The van der Waals surface area contributed by atoms with Crippen molar-refractivity contribution in [2.75, 3.05) is 19.7 Å². The van der Waals surface area contributed by atoms with Crippen molar-refractivity contribution in [3.8, 4) is 0 Å². The summed E-state index contributed by atoms with van der Waals surface area (Å²) < 4.78 is 5.51. The lowest BCUT2D eigenvalue weighted by atomic mass is 10.2. The fourth-order valence-corrected chi connectivity index (χ4v) is 2.84. The van der Waals surface area contributed by atoms with Gasteiger partial charge in [0.15, 0.2) is 0 Å². The van der Waals surface area contributed by atoms with Crippen LogP contribution in [0.5, 0.6) is 0 Å². The molecular formula is C17H22N4O3. The topological polar surface area (TPSA) is 87.3 Å². The van der Waals surface area contributed by atoms with Gasteiger partial charge in [-0.1, -0.05) is 12.1 Å². The van der Waals surface area contributed by atoms with Crippen molar-refractivity contribution < 1.29 is 9.53 Å². The second-order valence-corrected chi connectivity index (χ2v) is 5.87. The Morgan fingerprint density at radius 3 is 3.04 bits per heavy atom. The van der Waals surface area contributed by atoms with E-state index < -0.39 is 0 Å². The largest absolute Gasteiger partial charge is 0.376 e. The van der Waals surface area contributed by atoms with E-state index in [1.165, 1.54) is 0 Å². The van der Waals surface area contributed by atoms with E-state index in [0.717, 1.165) is 19.4 Å². The number of rotatable bonds is 5. The predicted octanol–water partition coefficient (Wildman–Crippen LogP) is 1.63. The highest BCUT2D eigenvalue weighted by Gasteiger charge is 2.19. The summed E-state index contributed by atoms with van der Waals surface area (Å²) >= 11 is 0. The first-order valence-electron chi connectivity index (χ1n) is 8.29. The molecule has 0 saturated carbocycles. The number of aromatic nitrogens is 2. The van der Waals surface area contributed by atoms with E-state index in [-0.39, 0.29) is 24.2 Å². The molecule has 1 atom stereocenters. The molecule has 128 valence electrons. The number of carbonyl (C=O) groups is 1. The summed E-state index contributed by atoms with van der Waals surface area (Å²) in [5.41, 5.74) is 0.443. The predicted molar refractivity (Wildman–Crippen MR) is 90.8 cm³/mol. The number of benzene rings is 1. The Labute approximate surface area is 140 Å². The first-order chi connectivity index (χ1) is 11.7. The number of aromatic amines is 1. The molecule has 3 rings (SSSR count). The minimum atomic E-state index is -0.189. The van der Waals surface area contributed by atoms with Crippen LogP contribution in [0, 0.1) is 0 Å². The number of hydrogen-bond donors (Lipinski definition) is 2. The van der Waals surface area contributed by atoms with Crippen molar-refractivity contribution >= 4 is 16.9 Å². The van der Waals surface area contributed by atoms with Gasteiger partial charge in [-0.15, -0.1) is 0 Å². The summed E-state index contributed by atoms with van der Waals surface area (Å²) in [7, 11) is 0. The van der Waals surface area contributed by atoms with Crippen LogP contribution in [0.4, 0.5) is 4.79 Å². The Hall–Kier alpha value is -2.41. The third-order valence-corrected chi connectivity index (χ3v) is 4.18. The molecule has 2 heterocycles. The minimum Gasteiger partial charge on any atom is -0.376 e. The van der Waals surface area contributed by atoms with Crippen molar-refractivity contribution in [3.05, 3.63) is 40.4 Å². The summed E-state index contributed by atoms with van der Waals surface area (Å²) in [5, 5.41) is 3.44. The molecule has 7 heteroatoms. The number of hydrogen-bond acceptors (Lipinski definition) is 4. The Kier molecular flexibility index (Phi) is 5.10. The molecule has 1 fully saturated rings. The maximum Gasteiger partial charge on any atom is 0.317 e. The number of urea groups is 1. The minimum absolute atomic E-state index is 0.103. The molecule has 24 heavy (non-hydrogen) atoms. The number of nitrogens with one attached hydrogen (secondary N) is 2. The molecule has 0 unspecified atom stereocenters. The number of nitrogens with zero attached hydrogens (tertiary/aromatic N) is 2. The molecule has 1 aromatic carbocycles. The fraction of sp³-hybridized carbons (Fsp3) is 0.471. The molecule has 1 aromatic heterocycles. The van der Waals surface area contributed by atoms with Crippen LogP contribution in [0.3, 0.4) is 0 Å². The number of para-hydroxylation sites is 1. The van der Waals surface area contributed by atoms with Gasteiger partial charge in [0.25, 0.3) is 5.56 Å². The van der Waals surface area contributed by atoms with Gasteiger partial charge in [0.2, 0.25) is 0 Å². The van der Waals surface area contributed by atoms with Crippen molar-refractivity contribution in [1.29, 1.82) is 0 Å². The van der Waals surface area contributed by atoms with Crippen LogP contribution >= 0.6 is 0 Å². The number of fused-ring (bicyclic) bond motifs is 1. The van der Waals surface area contributed by atoms with Gasteiger partial charge in [-0.25, -0.2) is 9.78 Å². The van der Waals surface area contributed by atoms with E-state index in [4.69, 9.17) is 4.74 Å². The molecule has 2 aromatic rings. The van der Waals surface area contributed by atoms with E-state index >= 15 is 0 Å². The molecule has 2 N–H and O–H groups in total. The Balaban J connectivity index is 1.68. The molecule has 7 nitrogen and oxygen atoms in total. The Bertz CT molecular complexity index is 768. The van der Waals surface area contributed by atoms with Crippen LogP contribution in [0.15, 0.2) is 29.1 Å². The summed E-state index contributed by atoms with van der Waals surface area (Å²) in [6.45, 7) is 3.95. The first kappa shape index (κ1) is 16.4. The van der Waals surface area contributed by atoms with Crippen LogP contribution in [0.2, 0.25) is 0 Å². The summed E-state index contributed by atoms with van der Waals surface area (Å²) in [6.07, 6.45) is 2.12. The van der Waals surface area contributed by atoms with E-state index in [0.29, 0.717) is 29.8 Å². The molecular weight excluding hydrogens is 308 g/mol. The zero-order valence-corrected chi connectivity index (χ0v) is 13.7. The zero-order chi connectivity index (χ0) is 16.9. The normalized spacial score (nSPS) is 17.1. The number of ether oxygens (including phenoxy) is 1. The molecule has 1 saturated heterocycles. The maximum absolute atomic E-state index is 12.3. The average molecular weight is 330 g/mol. The second-order valence-electron chi connectivity index (χ2n) is 5.87. The van der Waals surface area contributed by atoms with Crippen molar-refractivity contribution in [1.82, 2.24) is 20.2 Å². The van der Waals surface area contributed by atoms with Crippen molar-refractivity contribution in [2.45, 2.75) is 32.4 Å². The van der Waals surface area contributed by atoms with Crippen LogP contribution in [-0.2, 0) is 11.3 Å². The lowest BCUT2D eigenvalue weighted by molar-refractivity contribution is 0.108. The van der Waals surface area contributed by atoms with Gasteiger partial charge in [0, 0.05) is 19.7 Å². The second kappa shape index (κ2) is 7.44. The van der Waals surface area contributed by atoms with Crippen LogP contribution in [0.25, 0.3) is 10.9 Å². The number of amides is 2. The van der Waals surface area contributed by atoms with Crippen LogP contribution in [-0.4, -0.2) is 46.7 Å². The smallest absolute Gasteiger partial charge is 0.317 e. The highest BCUT2D eigenvalue weighted by atomic mass is 16.5. The number of carbonyl (C=O) groups excluding carboxylic acids is 1. The monoisotopic (exact) mass is 330 g/mol. The fourth-order valence-electron chi connectivity index (χ4n) is 2.84. The lowest BCUT2D eigenvalue weighted by Gasteiger charge is -2.22. The third kappa shape index (κ3) is 3.73. The van der Waals surface area contributed by atoms with Crippen LogP contribution < -0.4 is 10.9 Å². The van der Waals surface area contributed by atoms with E-state index in [2.05, 4.69) is 15.3 Å². The highest BCUT2D eigenvalue weighted by molar-refractivity contribution is 5.77. The molecule has 0 radical (unpaired) electrons. The van der Waals surface area contributed by atoms with E-state index in [1.807, 2.05) is 13.0 Å². The van der Waals surface area contributed by atoms with Gasteiger partial charge < -0.3 is 19.9 Å². The standard InChI is InChI=1S/C17H22N4O3/c1-2-21(17(23)18-10-12-6-5-9-24-12)11-15-19-14-8-4-3-7-13(14)16(22)20-15/h3-4,7-8,12H,2,5-6,9-11H2,1H3,(H,18,23)(H,19,20,22)/t12-/m0/s1. The van der Waals surface area contributed by atoms with E-state index in [1.54, 1.807) is 23.1 Å². The van der Waals surface area contributed by atoms with Gasteiger partial charge in [0.05, 0.1) is 23.6 Å². The molecule has 0 aliphatic carbocycles. The molecule has 2 amide bonds. The average Bonchev–Trinajstić information content (AvgIpc) is 3.11. The highest BCUT2D eigenvalue weighted by Crippen LogP contribution is 2.11. The Morgan fingerprint density at radius 1 is 1.46 bits per heavy atom. The zero-order valence-electron chi connectivity index (χ0n) is 13.7.